The van der Waals surface area contributed by atoms with Crippen LogP contribution in [0.25, 0.3) is 0 Å². The number of rotatable bonds is 10. The average Bonchev–Trinajstić information content (AvgIpc) is 3.31. The number of hydrogen-bond acceptors (Lipinski definition) is 8. The van der Waals surface area contributed by atoms with E-state index in [1.807, 2.05) is 6.92 Å². The Morgan fingerprint density at radius 3 is 2.44 bits per heavy atom. The predicted molar refractivity (Wildman–Crippen MR) is 122 cm³/mol. The van der Waals surface area contributed by atoms with Crippen LogP contribution in [0.4, 0.5) is 5.13 Å². The lowest BCUT2D eigenvalue weighted by atomic mass is 10.1. The summed E-state index contributed by atoms with van der Waals surface area (Å²) in [6.45, 7) is 3.51. The van der Waals surface area contributed by atoms with Crippen LogP contribution >= 0.6 is 11.3 Å². The molecule has 0 aliphatic carbocycles. The summed E-state index contributed by atoms with van der Waals surface area (Å²) in [6, 6.07) is 10.9. The van der Waals surface area contributed by atoms with Crippen LogP contribution in [0.2, 0.25) is 0 Å². The zero-order valence-electron chi connectivity index (χ0n) is 17.9. The highest BCUT2D eigenvalue weighted by Gasteiger charge is 2.18. The van der Waals surface area contributed by atoms with Crippen molar-refractivity contribution in [3.63, 3.8) is 0 Å². The van der Waals surface area contributed by atoms with E-state index < -0.39 is 22.0 Å². The maximum absolute atomic E-state index is 12.8. The minimum atomic E-state index is -3.32. The Labute approximate surface area is 191 Å². The van der Waals surface area contributed by atoms with Gasteiger partial charge in [-0.1, -0.05) is 13.8 Å². The normalized spacial score (nSPS) is 12.2. The number of carbonyl (C=O) groups excluding carboxylic acids is 1. The first-order valence-corrected chi connectivity index (χ1v) is 12.4. The molecular weight excluding hydrogens is 452 g/mol. The van der Waals surface area contributed by atoms with Crippen molar-refractivity contribution < 1.29 is 27.4 Å². The molecule has 0 saturated heterocycles. The standard InChI is InChI=1S/C22H24N2O6S2/c1-4-20(28-3)30-16-8-11-18(21(25)24-22-23-12-13-31-22)19(14-16)29-15-6-9-17(10-7-15)32(26,27)5-2/h6-14,20H,4-5H2,1-3H3,(H,23,24,25). The Morgan fingerprint density at radius 1 is 1.12 bits per heavy atom. The molecule has 1 amide bonds. The van der Waals surface area contributed by atoms with Crippen molar-refractivity contribution >= 4 is 32.2 Å². The minimum absolute atomic E-state index is 0.00571. The Hall–Kier alpha value is -2.95. The number of carbonyl (C=O) groups is 1. The molecule has 32 heavy (non-hydrogen) atoms. The molecule has 1 aromatic heterocycles. The van der Waals surface area contributed by atoms with Crippen LogP contribution < -0.4 is 14.8 Å². The van der Waals surface area contributed by atoms with Crippen LogP contribution in [0.1, 0.15) is 30.6 Å². The molecule has 1 atom stereocenters. The SMILES string of the molecule is CCC(OC)Oc1ccc(C(=O)Nc2nccs2)c(Oc2ccc(S(=O)(=O)CC)cc2)c1. The van der Waals surface area contributed by atoms with E-state index in [1.54, 1.807) is 55.9 Å². The number of nitrogens with one attached hydrogen (secondary N) is 1. The van der Waals surface area contributed by atoms with Crippen molar-refractivity contribution in [1.82, 2.24) is 4.98 Å². The van der Waals surface area contributed by atoms with Gasteiger partial charge in [0.25, 0.3) is 5.91 Å². The summed E-state index contributed by atoms with van der Waals surface area (Å²) >= 11 is 1.30. The van der Waals surface area contributed by atoms with E-state index >= 15 is 0 Å². The van der Waals surface area contributed by atoms with Crippen molar-refractivity contribution in [1.29, 1.82) is 0 Å². The highest BCUT2D eigenvalue weighted by atomic mass is 32.2. The van der Waals surface area contributed by atoms with Crippen molar-refractivity contribution in [2.24, 2.45) is 0 Å². The quantitative estimate of drug-likeness (QED) is 0.421. The highest BCUT2D eigenvalue weighted by molar-refractivity contribution is 7.91. The number of sulfone groups is 1. The van der Waals surface area contributed by atoms with Crippen molar-refractivity contribution in [2.75, 3.05) is 18.2 Å². The van der Waals surface area contributed by atoms with Gasteiger partial charge in [-0.2, -0.15) is 0 Å². The van der Waals surface area contributed by atoms with E-state index in [9.17, 15) is 13.2 Å². The van der Waals surface area contributed by atoms with Gasteiger partial charge < -0.3 is 14.2 Å². The van der Waals surface area contributed by atoms with E-state index in [0.717, 1.165) is 0 Å². The maximum atomic E-state index is 12.8. The molecule has 0 aliphatic heterocycles. The molecule has 1 unspecified atom stereocenters. The molecule has 8 nitrogen and oxygen atoms in total. The largest absolute Gasteiger partial charge is 0.465 e. The Bertz CT molecular complexity index is 1140. The van der Waals surface area contributed by atoms with Gasteiger partial charge in [0.2, 0.25) is 0 Å². The molecule has 0 fully saturated rings. The lowest BCUT2D eigenvalue weighted by Gasteiger charge is -2.17. The smallest absolute Gasteiger partial charge is 0.261 e. The maximum Gasteiger partial charge on any atom is 0.261 e. The van der Waals surface area contributed by atoms with Crippen LogP contribution in [-0.2, 0) is 14.6 Å². The van der Waals surface area contributed by atoms with Crippen LogP contribution in [0.15, 0.2) is 58.9 Å². The number of benzene rings is 2. The zero-order chi connectivity index (χ0) is 23.1. The van der Waals surface area contributed by atoms with Gasteiger partial charge in [-0.3, -0.25) is 10.1 Å². The number of methoxy groups -OCH3 is 1. The van der Waals surface area contributed by atoms with Gasteiger partial charge in [-0.15, -0.1) is 11.3 Å². The Kier molecular flexibility index (Phi) is 7.84. The summed E-state index contributed by atoms with van der Waals surface area (Å²) in [5.41, 5.74) is 0.267. The number of thiazole rings is 1. The van der Waals surface area contributed by atoms with Crippen LogP contribution in [-0.4, -0.2) is 38.5 Å². The predicted octanol–water partition coefficient (Wildman–Crippen LogP) is 4.74. The van der Waals surface area contributed by atoms with E-state index in [0.29, 0.717) is 23.1 Å². The van der Waals surface area contributed by atoms with Crippen LogP contribution in [0.5, 0.6) is 17.2 Å². The summed E-state index contributed by atoms with van der Waals surface area (Å²) in [5.74, 6) is 0.689. The highest BCUT2D eigenvalue weighted by Crippen LogP contribution is 2.31. The fourth-order valence-corrected chi connectivity index (χ4v) is 4.16. The average molecular weight is 477 g/mol. The molecule has 10 heteroatoms. The molecule has 3 rings (SSSR count). The molecule has 0 saturated carbocycles. The second-order valence-corrected chi connectivity index (χ2v) is 9.79. The number of anilines is 1. The number of ether oxygens (including phenoxy) is 3. The third-order valence-corrected chi connectivity index (χ3v) is 6.94. The molecule has 0 aliphatic rings. The lowest BCUT2D eigenvalue weighted by Crippen LogP contribution is -2.18. The third kappa shape index (κ3) is 5.84. The molecule has 1 heterocycles. The molecular formula is C22H24N2O6S2. The lowest BCUT2D eigenvalue weighted by molar-refractivity contribution is -0.0548. The van der Waals surface area contributed by atoms with Gasteiger partial charge in [0.05, 0.1) is 16.2 Å². The summed E-state index contributed by atoms with van der Waals surface area (Å²) in [4.78, 5) is 17.1. The molecule has 170 valence electrons. The van der Waals surface area contributed by atoms with Crippen molar-refractivity contribution in [3.05, 3.63) is 59.6 Å². The van der Waals surface area contributed by atoms with Gasteiger partial charge in [0.1, 0.15) is 17.2 Å². The summed E-state index contributed by atoms with van der Waals surface area (Å²) in [7, 11) is -1.77. The van der Waals surface area contributed by atoms with Gasteiger partial charge >= 0.3 is 0 Å². The first-order chi connectivity index (χ1) is 15.4. The van der Waals surface area contributed by atoms with Gasteiger partial charge in [0.15, 0.2) is 21.3 Å². The second-order valence-electron chi connectivity index (χ2n) is 6.62. The number of nitrogens with zero attached hydrogens (tertiary/aromatic N) is 1. The van der Waals surface area contributed by atoms with E-state index in [4.69, 9.17) is 14.2 Å². The summed E-state index contributed by atoms with van der Waals surface area (Å²) in [5, 5.41) is 4.94. The van der Waals surface area contributed by atoms with E-state index in [2.05, 4.69) is 10.3 Å². The fraction of sp³-hybridized carbons (Fsp3) is 0.273. The van der Waals surface area contributed by atoms with Crippen molar-refractivity contribution in [3.8, 4) is 17.2 Å². The van der Waals surface area contributed by atoms with Crippen molar-refractivity contribution in [2.45, 2.75) is 31.5 Å². The molecule has 0 spiro atoms. The monoisotopic (exact) mass is 476 g/mol. The molecule has 1 N–H and O–H groups in total. The molecule has 2 aromatic carbocycles. The van der Waals surface area contributed by atoms with Crippen LogP contribution in [0.3, 0.4) is 0 Å². The number of aromatic nitrogens is 1. The first-order valence-electron chi connectivity index (χ1n) is 9.91. The molecule has 0 bridgehead atoms. The number of amides is 1. The minimum Gasteiger partial charge on any atom is -0.465 e. The first kappa shape index (κ1) is 23.7. The fourth-order valence-electron chi connectivity index (χ4n) is 2.76. The summed E-state index contributed by atoms with van der Waals surface area (Å²) in [6.07, 6.45) is 1.78. The molecule has 3 aromatic rings. The topological polar surface area (TPSA) is 104 Å². The van der Waals surface area contributed by atoms with E-state index in [-0.39, 0.29) is 22.0 Å². The van der Waals surface area contributed by atoms with E-state index in [1.165, 1.54) is 23.5 Å². The second kappa shape index (κ2) is 10.6. The van der Waals surface area contributed by atoms with Gasteiger partial charge in [0, 0.05) is 31.2 Å². The van der Waals surface area contributed by atoms with Gasteiger partial charge in [-0.25, -0.2) is 13.4 Å². The Balaban J connectivity index is 1.91. The number of hydrogen-bond donors (Lipinski definition) is 1. The van der Waals surface area contributed by atoms with Crippen LogP contribution in [0, 0.1) is 0 Å². The third-order valence-electron chi connectivity index (χ3n) is 4.50. The summed E-state index contributed by atoms with van der Waals surface area (Å²) < 4.78 is 41.1. The molecule has 0 radical (unpaired) electrons. The zero-order valence-corrected chi connectivity index (χ0v) is 19.5. The van der Waals surface area contributed by atoms with Gasteiger partial charge in [-0.05, 0) is 36.4 Å². The Morgan fingerprint density at radius 2 is 1.84 bits per heavy atom.